The van der Waals surface area contributed by atoms with Gasteiger partial charge < -0.3 is 10.8 Å². The van der Waals surface area contributed by atoms with Gasteiger partial charge in [-0.3, -0.25) is 4.98 Å². The number of nitrogens with zero attached hydrogens (tertiary/aromatic N) is 2. The fraction of sp³-hybridized carbons (Fsp3) is 0.0833. The number of carbonyl (C=O) groups is 1. The van der Waals surface area contributed by atoms with Gasteiger partial charge in [0.15, 0.2) is 5.69 Å². The Morgan fingerprint density at radius 1 is 1.15 bits per heavy atom. The quantitative estimate of drug-likeness (QED) is 0.883. The summed E-state index contributed by atoms with van der Waals surface area (Å²) in [6, 6.07) is 4.66. The van der Waals surface area contributed by atoms with Crippen molar-refractivity contribution in [2.24, 2.45) is 0 Å². The van der Waals surface area contributed by atoms with E-state index in [0.29, 0.717) is 6.20 Å². The number of aromatic nitrogens is 2. The second-order valence-electron chi connectivity index (χ2n) is 3.87. The first kappa shape index (κ1) is 13.8. The SMILES string of the molecule is Nc1ccc(-c2ccc(C(F)(F)F)cn2)nc1C(=O)O. The van der Waals surface area contributed by atoms with Gasteiger partial charge in [-0.2, -0.15) is 13.2 Å². The molecule has 0 radical (unpaired) electrons. The van der Waals surface area contributed by atoms with Crippen LogP contribution in [-0.4, -0.2) is 21.0 Å². The molecule has 2 aromatic heterocycles. The van der Waals surface area contributed by atoms with Crippen molar-refractivity contribution in [1.29, 1.82) is 0 Å². The maximum atomic E-state index is 12.4. The molecule has 3 N–H and O–H groups in total. The third kappa shape index (κ3) is 2.68. The topological polar surface area (TPSA) is 89.1 Å². The number of anilines is 1. The molecule has 20 heavy (non-hydrogen) atoms. The first-order chi connectivity index (χ1) is 9.29. The number of halogens is 3. The minimum Gasteiger partial charge on any atom is -0.476 e. The smallest absolute Gasteiger partial charge is 0.417 e. The van der Waals surface area contributed by atoms with Crippen LogP contribution in [0.3, 0.4) is 0 Å². The van der Waals surface area contributed by atoms with E-state index < -0.39 is 17.7 Å². The van der Waals surface area contributed by atoms with Gasteiger partial charge in [-0.25, -0.2) is 9.78 Å². The molecule has 5 nitrogen and oxygen atoms in total. The maximum absolute atomic E-state index is 12.4. The molecule has 2 aromatic rings. The van der Waals surface area contributed by atoms with Crippen LogP contribution < -0.4 is 5.73 Å². The summed E-state index contributed by atoms with van der Waals surface area (Å²) in [7, 11) is 0. The van der Waals surface area contributed by atoms with Gasteiger partial charge >= 0.3 is 12.1 Å². The van der Waals surface area contributed by atoms with Gasteiger partial charge in [-0.05, 0) is 24.3 Å². The van der Waals surface area contributed by atoms with E-state index in [4.69, 9.17) is 10.8 Å². The third-order valence-electron chi connectivity index (χ3n) is 2.48. The lowest BCUT2D eigenvalue weighted by atomic mass is 10.2. The number of aromatic carboxylic acids is 1. The molecular weight excluding hydrogens is 275 g/mol. The lowest BCUT2D eigenvalue weighted by Gasteiger charge is -2.07. The van der Waals surface area contributed by atoms with Crippen LogP contribution in [0, 0.1) is 0 Å². The fourth-order valence-corrected chi connectivity index (χ4v) is 1.50. The van der Waals surface area contributed by atoms with Gasteiger partial charge in [0.05, 0.1) is 22.6 Å². The first-order valence-electron chi connectivity index (χ1n) is 5.32. The van der Waals surface area contributed by atoms with Crippen LogP contribution in [0.5, 0.6) is 0 Å². The predicted octanol–water partition coefficient (Wildman–Crippen LogP) is 2.44. The molecule has 0 fully saturated rings. The van der Waals surface area contributed by atoms with Gasteiger partial charge in [0.1, 0.15) is 0 Å². The second kappa shape index (κ2) is 4.80. The van der Waals surface area contributed by atoms with Crippen LogP contribution in [0.4, 0.5) is 18.9 Å². The predicted molar refractivity (Wildman–Crippen MR) is 63.8 cm³/mol. The van der Waals surface area contributed by atoms with E-state index in [1.54, 1.807) is 0 Å². The van der Waals surface area contributed by atoms with Crippen molar-refractivity contribution in [3.05, 3.63) is 41.7 Å². The third-order valence-corrected chi connectivity index (χ3v) is 2.48. The van der Waals surface area contributed by atoms with Crippen molar-refractivity contribution < 1.29 is 23.1 Å². The minimum atomic E-state index is -4.48. The molecule has 0 bridgehead atoms. The van der Waals surface area contributed by atoms with Crippen LogP contribution >= 0.6 is 0 Å². The van der Waals surface area contributed by atoms with E-state index in [9.17, 15) is 18.0 Å². The zero-order valence-electron chi connectivity index (χ0n) is 9.85. The summed E-state index contributed by atoms with van der Waals surface area (Å²) in [6.07, 6.45) is -3.82. The monoisotopic (exact) mass is 283 g/mol. The van der Waals surface area contributed by atoms with Crippen molar-refractivity contribution in [3.63, 3.8) is 0 Å². The zero-order chi connectivity index (χ0) is 14.9. The van der Waals surface area contributed by atoms with E-state index in [-0.39, 0.29) is 22.8 Å². The van der Waals surface area contributed by atoms with Crippen LogP contribution in [0.2, 0.25) is 0 Å². The van der Waals surface area contributed by atoms with Crippen molar-refractivity contribution in [1.82, 2.24) is 9.97 Å². The van der Waals surface area contributed by atoms with Crippen LogP contribution in [0.15, 0.2) is 30.5 Å². The van der Waals surface area contributed by atoms with Crippen LogP contribution in [0.1, 0.15) is 16.1 Å². The molecule has 0 saturated heterocycles. The Morgan fingerprint density at radius 2 is 1.80 bits per heavy atom. The van der Waals surface area contributed by atoms with Crippen molar-refractivity contribution in [3.8, 4) is 11.4 Å². The zero-order valence-corrected chi connectivity index (χ0v) is 9.85. The number of hydrogen-bond acceptors (Lipinski definition) is 4. The number of hydrogen-bond donors (Lipinski definition) is 2. The van der Waals surface area contributed by atoms with E-state index in [0.717, 1.165) is 12.1 Å². The van der Waals surface area contributed by atoms with Gasteiger partial charge in [0.25, 0.3) is 0 Å². The standard InChI is InChI=1S/C12H8F3N3O2/c13-12(14,15)6-1-3-8(17-5-6)9-4-2-7(16)10(18-9)11(19)20/h1-5H,16H2,(H,19,20). The van der Waals surface area contributed by atoms with E-state index in [2.05, 4.69) is 9.97 Å². The van der Waals surface area contributed by atoms with Gasteiger partial charge in [0, 0.05) is 6.20 Å². The molecule has 0 atom stereocenters. The summed E-state index contributed by atoms with van der Waals surface area (Å²) in [6.45, 7) is 0. The summed E-state index contributed by atoms with van der Waals surface area (Å²) in [4.78, 5) is 18.3. The van der Waals surface area contributed by atoms with E-state index in [1.165, 1.54) is 12.1 Å². The van der Waals surface area contributed by atoms with E-state index >= 15 is 0 Å². The highest BCUT2D eigenvalue weighted by molar-refractivity contribution is 5.91. The summed E-state index contributed by atoms with van der Waals surface area (Å²) in [5.41, 5.74) is 4.39. The minimum absolute atomic E-state index is 0.0341. The highest BCUT2D eigenvalue weighted by atomic mass is 19.4. The first-order valence-corrected chi connectivity index (χ1v) is 5.32. The molecule has 0 spiro atoms. The molecule has 0 aliphatic carbocycles. The molecule has 0 amide bonds. The molecule has 0 aromatic carbocycles. The average molecular weight is 283 g/mol. The van der Waals surface area contributed by atoms with Gasteiger partial charge in [-0.1, -0.05) is 0 Å². The van der Waals surface area contributed by atoms with Gasteiger partial charge in [-0.15, -0.1) is 0 Å². The molecule has 0 aliphatic rings. The number of pyridine rings is 2. The van der Waals surface area contributed by atoms with Crippen molar-refractivity contribution >= 4 is 11.7 Å². The van der Waals surface area contributed by atoms with E-state index in [1.807, 2.05) is 0 Å². The number of alkyl halides is 3. The molecule has 0 unspecified atom stereocenters. The number of nitrogens with two attached hydrogens (primary N) is 1. The molecule has 8 heteroatoms. The number of nitrogen functional groups attached to an aromatic ring is 1. The second-order valence-corrected chi connectivity index (χ2v) is 3.87. The average Bonchev–Trinajstić information content (AvgIpc) is 2.38. The molecular formula is C12H8F3N3O2. The Bertz CT molecular complexity index is 654. The Balaban J connectivity index is 2.42. The number of carboxylic acids is 1. The summed E-state index contributed by atoms with van der Waals surface area (Å²) in [5.74, 6) is -1.32. The molecule has 0 aliphatic heterocycles. The Kier molecular flexibility index (Phi) is 3.31. The highest BCUT2D eigenvalue weighted by Gasteiger charge is 2.30. The lowest BCUT2D eigenvalue weighted by Crippen LogP contribution is -2.07. The van der Waals surface area contributed by atoms with Crippen molar-refractivity contribution in [2.45, 2.75) is 6.18 Å². The maximum Gasteiger partial charge on any atom is 0.417 e. The molecule has 104 valence electrons. The summed E-state index contributed by atoms with van der Waals surface area (Å²) < 4.78 is 37.2. The number of rotatable bonds is 2. The Labute approximate surface area is 110 Å². The van der Waals surface area contributed by atoms with Gasteiger partial charge in [0.2, 0.25) is 0 Å². The normalized spacial score (nSPS) is 11.3. The Hall–Kier alpha value is -2.64. The largest absolute Gasteiger partial charge is 0.476 e. The van der Waals surface area contributed by atoms with Crippen LogP contribution in [0.25, 0.3) is 11.4 Å². The lowest BCUT2D eigenvalue weighted by molar-refractivity contribution is -0.137. The van der Waals surface area contributed by atoms with Crippen molar-refractivity contribution in [2.75, 3.05) is 5.73 Å². The highest BCUT2D eigenvalue weighted by Crippen LogP contribution is 2.29. The van der Waals surface area contributed by atoms with Crippen LogP contribution in [-0.2, 0) is 6.18 Å². The summed E-state index contributed by atoms with van der Waals surface area (Å²) >= 11 is 0. The number of carboxylic acid groups (broad SMARTS) is 1. The summed E-state index contributed by atoms with van der Waals surface area (Å²) in [5, 5.41) is 8.88. The molecule has 2 rings (SSSR count). The Morgan fingerprint density at radius 3 is 2.30 bits per heavy atom. The molecule has 0 saturated carbocycles. The molecule has 2 heterocycles. The fourth-order valence-electron chi connectivity index (χ4n) is 1.50.